The highest BCUT2D eigenvalue weighted by molar-refractivity contribution is 9.11. The van der Waals surface area contributed by atoms with Gasteiger partial charge in [-0.25, -0.2) is 0 Å². The molecule has 60 valence electrons. The van der Waals surface area contributed by atoms with Crippen LogP contribution in [0.25, 0.3) is 0 Å². The molecular weight excluding hydrogens is 206 g/mol. The number of carbonyl (C=O) groups excluding carboxylic acids is 1. The highest BCUT2D eigenvalue weighted by Gasteiger charge is 2.02. The molecule has 1 N–H and O–H groups in total. The average Bonchev–Trinajstić information content (AvgIpc) is 1.85. The Labute approximate surface area is 74.5 Å². The Morgan fingerprint density at radius 1 is 1.73 bits per heavy atom. The first-order chi connectivity index (χ1) is 5.18. The topological polar surface area (TPSA) is 29.1 Å². The Balaban J connectivity index is 2.59. The molecule has 0 unspecified atom stereocenters. The van der Waals surface area contributed by atoms with Crippen molar-refractivity contribution in [1.82, 2.24) is 5.32 Å². The fourth-order valence-corrected chi connectivity index (χ4v) is 1.43. The van der Waals surface area contributed by atoms with Gasteiger partial charge in [-0.15, -0.1) is 0 Å². The van der Waals surface area contributed by atoms with Gasteiger partial charge in [0.2, 0.25) is 5.91 Å². The average molecular weight is 216 g/mol. The molecule has 11 heavy (non-hydrogen) atoms. The van der Waals surface area contributed by atoms with Gasteiger partial charge in [0.1, 0.15) is 0 Å². The predicted octanol–water partition coefficient (Wildman–Crippen LogP) is 2.08. The molecule has 0 spiro atoms. The van der Waals surface area contributed by atoms with Gasteiger partial charge in [-0.3, -0.25) is 4.79 Å². The lowest BCUT2D eigenvalue weighted by Gasteiger charge is -2.09. The van der Waals surface area contributed by atoms with Crippen LogP contribution < -0.4 is 5.32 Å². The van der Waals surface area contributed by atoms with Crippen LogP contribution in [-0.2, 0) is 4.79 Å². The van der Waals surface area contributed by atoms with E-state index >= 15 is 0 Å². The van der Waals surface area contributed by atoms with Crippen LogP contribution in [0.15, 0.2) is 22.3 Å². The fourth-order valence-electron chi connectivity index (χ4n) is 0.956. The largest absolute Gasteiger partial charge is 0.327 e. The molecule has 0 radical (unpaired) electrons. The molecule has 0 saturated carbocycles. The maximum absolute atomic E-state index is 10.6. The number of rotatable bonds is 1. The zero-order valence-corrected chi connectivity index (χ0v) is 7.94. The smallest absolute Gasteiger partial charge is 0.221 e. The summed E-state index contributed by atoms with van der Waals surface area (Å²) in [6.45, 7) is 1.51. The summed E-state index contributed by atoms with van der Waals surface area (Å²) in [5, 5.41) is 2.73. The normalized spacial score (nSPS) is 16.9. The molecule has 3 heteroatoms. The van der Waals surface area contributed by atoms with Gasteiger partial charge in [0.25, 0.3) is 0 Å². The van der Waals surface area contributed by atoms with Crippen molar-refractivity contribution in [2.45, 2.75) is 19.8 Å². The third-order valence-corrected chi connectivity index (χ3v) is 2.01. The van der Waals surface area contributed by atoms with Gasteiger partial charge in [-0.2, -0.15) is 0 Å². The van der Waals surface area contributed by atoms with Gasteiger partial charge in [0.05, 0.1) is 0 Å². The van der Waals surface area contributed by atoms with Crippen LogP contribution in [0.1, 0.15) is 19.8 Å². The quantitative estimate of drug-likeness (QED) is 0.714. The number of amides is 1. The molecular formula is C8H10BrNO. The second kappa shape index (κ2) is 3.72. The van der Waals surface area contributed by atoms with E-state index in [4.69, 9.17) is 0 Å². The van der Waals surface area contributed by atoms with E-state index in [1.54, 1.807) is 0 Å². The van der Waals surface area contributed by atoms with Crippen molar-refractivity contribution in [2.24, 2.45) is 0 Å². The lowest BCUT2D eigenvalue weighted by molar-refractivity contribution is -0.118. The van der Waals surface area contributed by atoms with Crippen LogP contribution in [0.4, 0.5) is 0 Å². The van der Waals surface area contributed by atoms with Crippen molar-refractivity contribution in [2.75, 3.05) is 0 Å². The lowest BCUT2D eigenvalue weighted by atomic mass is 10.1. The number of carbonyl (C=O) groups is 1. The molecule has 0 fully saturated rings. The third-order valence-electron chi connectivity index (χ3n) is 1.38. The molecule has 0 aromatic heterocycles. The van der Waals surface area contributed by atoms with Crippen molar-refractivity contribution >= 4 is 21.8 Å². The molecule has 0 aliphatic heterocycles. The van der Waals surface area contributed by atoms with E-state index in [1.807, 2.05) is 12.2 Å². The molecule has 1 aliphatic rings. The summed E-state index contributed by atoms with van der Waals surface area (Å²) in [4.78, 5) is 10.6. The van der Waals surface area contributed by atoms with Gasteiger partial charge in [0, 0.05) is 12.6 Å². The Morgan fingerprint density at radius 3 is 3.00 bits per heavy atom. The maximum Gasteiger partial charge on any atom is 0.221 e. The first-order valence-corrected chi connectivity index (χ1v) is 4.31. The van der Waals surface area contributed by atoms with E-state index in [-0.39, 0.29) is 5.91 Å². The molecule has 2 nitrogen and oxygen atoms in total. The Hall–Kier alpha value is -0.570. The van der Waals surface area contributed by atoms with E-state index < -0.39 is 0 Å². The van der Waals surface area contributed by atoms with Crippen molar-refractivity contribution in [1.29, 1.82) is 0 Å². The highest BCUT2D eigenvalue weighted by Crippen LogP contribution is 2.20. The van der Waals surface area contributed by atoms with Crippen molar-refractivity contribution in [3.8, 4) is 0 Å². The Morgan fingerprint density at radius 2 is 2.45 bits per heavy atom. The summed E-state index contributed by atoms with van der Waals surface area (Å²) < 4.78 is 1.14. The summed E-state index contributed by atoms with van der Waals surface area (Å²) in [6, 6.07) is 0. The zero-order chi connectivity index (χ0) is 8.27. The zero-order valence-electron chi connectivity index (χ0n) is 6.36. The second-order valence-electron chi connectivity index (χ2n) is 2.47. The lowest BCUT2D eigenvalue weighted by Crippen LogP contribution is -2.18. The molecule has 0 atom stereocenters. The summed E-state index contributed by atoms with van der Waals surface area (Å²) in [7, 11) is 0. The summed E-state index contributed by atoms with van der Waals surface area (Å²) >= 11 is 3.39. The van der Waals surface area contributed by atoms with E-state index in [0.717, 1.165) is 23.0 Å². The van der Waals surface area contributed by atoms with E-state index in [0.29, 0.717) is 0 Å². The van der Waals surface area contributed by atoms with Crippen LogP contribution in [0.3, 0.4) is 0 Å². The predicted molar refractivity (Wildman–Crippen MR) is 48.1 cm³/mol. The minimum Gasteiger partial charge on any atom is -0.327 e. The van der Waals surface area contributed by atoms with Gasteiger partial charge >= 0.3 is 0 Å². The Kier molecular flexibility index (Phi) is 2.88. The van der Waals surface area contributed by atoms with Gasteiger partial charge in [-0.05, 0) is 23.4 Å². The molecule has 0 bridgehead atoms. The molecule has 1 rings (SSSR count). The van der Waals surface area contributed by atoms with Crippen molar-refractivity contribution < 1.29 is 4.79 Å². The molecule has 0 aromatic rings. The number of hydrogen-bond acceptors (Lipinski definition) is 1. The minimum absolute atomic E-state index is 0.0188. The second-order valence-corrected chi connectivity index (χ2v) is 3.49. The van der Waals surface area contributed by atoms with E-state index in [1.165, 1.54) is 6.92 Å². The maximum atomic E-state index is 10.6. The third kappa shape index (κ3) is 2.89. The van der Waals surface area contributed by atoms with E-state index in [9.17, 15) is 4.79 Å². The van der Waals surface area contributed by atoms with E-state index in [2.05, 4.69) is 21.2 Å². The van der Waals surface area contributed by atoms with Crippen LogP contribution in [-0.4, -0.2) is 5.91 Å². The van der Waals surface area contributed by atoms with Crippen molar-refractivity contribution in [3.05, 3.63) is 22.3 Å². The molecule has 0 aromatic carbocycles. The monoisotopic (exact) mass is 215 g/mol. The van der Waals surface area contributed by atoms with Crippen LogP contribution in [0, 0.1) is 0 Å². The molecule has 0 saturated heterocycles. The van der Waals surface area contributed by atoms with Crippen LogP contribution >= 0.6 is 15.9 Å². The Bertz CT molecular complexity index is 230. The standard InChI is InChI=1S/C8H10BrNO/c1-6(11)10-8-4-2-3-7(9)5-8/h4-5H,2-3H2,1H3,(H,10,11). The van der Waals surface area contributed by atoms with Crippen molar-refractivity contribution in [3.63, 3.8) is 0 Å². The molecule has 1 amide bonds. The first-order valence-electron chi connectivity index (χ1n) is 3.52. The summed E-state index contributed by atoms with van der Waals surface area (Å²) in [6.07, 6.45) is 5.98. The molecule has 1 aliphatic carbocycles. The number of halogens is 1. The summed E-state index contributed by atoms with van der Waals surface area (Å²) in [5.41, 5.74) is 0.899. The molecule has 0 heterocycles. The number of hydrogen-bond donors (Lipinski definition) is 1. The van der Waals surface area contributed by atoms with Gasteiger partial charge in [-0.1, -0.05) is 22.0 Å². The number of allylic oxidation sites excluding steroid dienone is 3. The first kappa shape index (κ1) is 8.53. The fraction of sp³-hybridized carbons (Fsp3) is 0.375. The number of nitrogens with one attached hydrogen (secondary N) is 1. The van der Waals surface area contributed by atoms with Gasteiger partial charge in [0.15, 0.2) is 0 Å². The SMILES string of the molecule is CC(=O)NC1=CCCC(Br)=C1. The highest BCUT2D eigenvalue weighted by atomic mass is 79.9. The minimum atomic E-state index is -0.0188. The van der Waals surface area contributed by atoms with Crippen LogP contribution in [0.2, 0.25) is 0 Å². The van der Waals surface area contributed by atoms with Crippen LogP contribution in [0.5, 0.6) is 0 Å². The van der Waals surface area contributed by atoms with Gasteiger partial charge < -0.3 is 5.32 Å². The summed E-state index contributed by atoms with van der Waals surface area (Å²) in [5.74, 6) is -0.0188.